The summed E-state index contributed by atoms with van der Waals surface area (Å²) < 4.78 is 39.1. The van der Waals surface area contributed by atoms with Crippen LogP contribution in [-0.2, 0) is 26.0 Å². The highest BCUT2D eigenvalue weighted by atomic mass is 35.5. The quantitative estimate of drug-likeness (QED) is 0.391. The molecule has 0 radical (unpaired) electrons. The number of anilines is 1. The van der Waals surface area contributed by atoms with Gasteiger partial charge in [-0.3, -0.25) is 9.59 Å². The van der Waals surface area contributed by atoms with Crippen molar-refractivity contribution in [3.05, 3.63) is 83.4 Å². The summed E-state index contributed by atoms with van der Waals surface area (Å²) in [5.74, 6) is -0.0282. The fraction of sp³-hybridized carbons (Fsp3) is 0.231. The Labute approximate surface area is 215 Å². The number of imide groups is 1. The van der Waals surface area contributed by atoms with Crippen molar-refractivity contribution in [1.29, 1.82) is 0 Å². The van der Waals surface area contributed by atoms with Crippen LogP contribution in [0.4, 0.5) is 5.69 Å². The monoisotopic (exact) mass is 528 g/mol. The maximum atomic E-state index is 13.7. The standard InChI is InChI=1S/C26H25ClN2O6S/c1-34-23-13-8-18(16-24(23)35-2)14-15-28(36(32,33)21-6-4-3-5-7-21)22-17-25(30)29(26(22)31)20-11-9-19(27)10-12-20/h3-13,16,22H,14-15,17H2,1-2H3. The molecule has 36 heavy (non-hydrogen) atoms. The summed E-state index contributed by atoms with van der Waals surface area (Å²) in [5.41, 5.74) is 1.13. The van der Waals surface area contributed by atoms with E-state index in [2.05, 4.69) is 0 Å². The molecule has 3 aromatic rings. The van der Waals surface area contributed by atoms with Gasteiger partial charge in [-0.1, -0.05) is 35.9 Å². The van der Waals surface area contributed by atoms with Gasteiger partial charge in [0, 0.05) is 11.6 Å². The van der Waals surface area contributed by atoms with Crippen LogP contribution in [0.5, 0.6) is 11.5 Å². The van der Waals surface area contributed by atoms with E-state index < -0.39 is 27.9 Å². The van der Waals surface area contributed by atoms with E-state index in [9.17, 15) is 18.0 Å². The summed E-state index contributed by atoms with van der Waals surface area (Å²) >= 11 is 5.95. The van der Waals surface area contributed by atoms with Gasteiger partial charge < -0.3 is 9.47 Å². The third-order valence-corrected chi connectivity index (χ3v) is 8.15. The number of nitrogens with zero attached hydrogens (tertiary/aromatic N) is 2. The Balaban J connectivity index is 1.68. The summed E-state index contributed by atoms with van der Waals surface area (Å²) in [4.78, 5) is 27.4. The van der Waals surface area contributed by atoms with Crippen LogP contribution in [0.25, 0.3) is 0 Å². The SMILES string of the molecule is COc1ccc(CCN(C2CC(=O)N(c3ccc(Cl)cc3)C2=O)S(=O)(=O)c2ccccc2)cc1OC. The molecule has 1 saturated heterocycles. The molecule has 1 aliphatic heterocycles. The first-order valence-corrected chi connectivity index (χ1v) is 13.0. The van der Waals surface area contributed by atoms with Gasteiger partial charge in [0.2, 0.25) is 15.9 Å². The minimum absolute atomic E-state index is 0.0230. The lowest BCUT2D eigenvalue weighted by molar-refractivity contribution is -0.122. The van der Waals surface area contributed by atoms with Gasteiger partial charge in [0.05, 0.1) is 31.2 Å². The van der Waals surface area contributed by atoms with Crippen LogP contribution in [0.3, 0.4) is 0 Å². The lowest BCUT2D eigenvalue weighted by Crippen LogP contribution is -2.46. The molecular weight excluding hydrogens is 504 g/mol. The third kappa shape index (κ3) is 5.09. The second-order valence-corrected chi connectivity index (χ2v) is 10.5. The van der Waals surface area contributed by atoms with Crippen LogP contribution in [0.1, 0.15) is 12.0 Å². The molecule has 0 N–H and O–H groups in total. The number of benzene rings is 3. The van der Waals surface area contributed by atoms with E-state index in [1.165, 1.54) is 26.4 Å². The van der Waals surface area contributed by atoms with E-state index in [0.29, 0.717) is 22.2 Å². The van der Waals surface area contributed by atoms with Crippen molar-refractivity contribution in [3.8, 4) is 11.5 Å². The number of carbonyl (C=O) groups is 2. The van der Waals surface area contributed by atoms with Crippen molar-refractivity contribution in [2.24, 2.45) is 0 Å². The van der Waals surface area contributed by atoms with Crippen molar-refractivity contribution < 1.29 is 27.5 Å². The Morgan fingerprint density at radius 1 is 0.944 bits per heavy atom. The molecule has 0 bridgehead atoms. The molecule has 1 unspecified atom stereocenters. The van der Waals surface area contributed by atoms with Crippen LogP contribution < -0.4 is 14.4 Å². The molecule has 0 saturated carbocycles. The number of ether oxygens (including phenoxy) is 2. The maximum absolute atomic E-state index is 13.7. The summed E-state index contributed by atoms with van der Waals surface area (Å²) in [6.07, 6.45) is 0.0186. The van der Waals surface area contributed by atoms with Gasteiger partial charge in [0.1, 0.15) is 6.04 Å². The summed E-state index contributed by atoms with van der Waals surface area (Å²) in [5, 5.41) is 0.456. The number of rotatable bonds is 9. The second kappa shape index (κ2) is 10.7. The summed E-state index contributed by atoms with van der Waals surface area (Å²) in [7, 11) is -1.05. The predicted molar refractivity (Wildman–Crippen MR) is 136 cm³/mol. The van der Waals surface area contributed by atoms with Gasteiger partial charge in [-0.05, 0) is 60.5 Å². The molecule has 0 aromatic heterocycles. The lowest BCUT2D eigenvalue weighted by Gasteiger charge is -2.27. The zero-order valence-electron chi connectivity index (χ0n) is 19.8. The van der Waals surface area contributed by atoms with Crippen molar-refractivity contribution in [2.45, 2.75) is 23.8 Å². The molecule has 4 rings (SSSR count). The fourth-order valence-corrected chi connectivity index (χ4v) is 5.88. The van der Waals surface area contributed by atoms with E-state index in [1.54, 1.807) is 60.7 Å². The van der Waals surface area contributed by atoms with Crippen molar-refractivity contribution >= 4 is 39.1 Å². The normalized spacial score (nSPS) is 16.0. The molecule has 2 amide bonds. The number of carbonyl (C=O) groups excluding carboxylic acids is 2. The second-order valence-electron chi connectivity index (χ2n) is 8.13. The highest BCUT2D eigenvalue weighted by molar-refractivity contribution is 7.89. The van der Waals surface area contributed by atoms with E-state index >= 15 is 0 Å². The first-order chi connectivity index (χ1) is 17.3. The zero-order chi connectivity index (χ0) is 25.9. The largest absolute Gasteiger partial charge is 0.493 e. The van der Waals surface area contributed by atoms with Gasteiger partial charge in [-0.15, -0.1) is 0 Å². The van der Waals surface area contributed by atoms with E-state index in [4.69, 9.17) is 21.1 Å². The van der Waals surface area contributed by atoms with Gasteiger partial charge in [-0.25, -0.2) is 13.3 Å². The molecule has 3 aromatic carbocycles. The van der Waals surface area contributed by atoms with Crippen LogP contribution in [0.2, 0.25) is 5.02 Å². The molecule has 188 valence electrons. The molecular formula is C26H25ClN2O6S. The molecule has 1 atom stereocenters. The van der Waals surface area contributed by atoms with Gasteiger partial charge >= 0.3 is 0 Å². The van der Waals surface area contributed by atoms with Crippen LogP contribution in [-0.4, -0.2) is 51.3 Å². The Morgan fingerprint density at radius 3 is 2.25 bits per heavy atom. The Bertz CT molecular complexity index is 1360. The highest BCUT2D eigenvalue weighted by Crippen LogP contribution is 2.31. The summed E-state index contributed by atoms with van der Waals surface area (Å²) in [6, 6.07) is 18.2. The van der Waals surface area contributed by atoms with E-state index in [1.807, 2.05) is 0 Å². The minimum atomic E-state index is -4.10. The molecule has 10 heteroatoms. The number of amides is 2. The van der Waals surface area contributed by atoms with E-state index in [0.717, 1.165) is 14.8 Å². The first kappa shape index (κ1) is 25.7. The van der Waals surface area contributed by atoms with Gasteiger partial charge in [0.25, 0.3) is 5.91 Å². The van der Waals surface area contributed by atoms with Gasteiger partial charge in [0.15, 0.2) is 11.5 Å². The predicted octanol–water partition coefficient (Wildman–Crippen LogP) is 3.92. The Hall–Kier alpha value is -3.40. The maximum Gasteiger partial charge on any atom is 0.252 e. The lowest BCUT2D eigenvalue weighted by atomic mass is 10.1. The average molecular weight is 529 g/mol. The minimum Gasteiger partial charge on any atom is -0.493 e. The van der Waals surface area contributed by atoms with Crippen LogP contribution in [0.15, 0.2) is 77.7 Å². The summed E-state index contributed by atoms with van der Waals surface area (Å²) in [6.45, 7) is -0.0230. The van der Waals surface area contributed by atoms with Gasteiger partial charge in [-0.2, -0.15) is 4.31 Å². The molecule has 1 fully saturated rings. The Morgan fingerprint density at radius 2 is 1.61 bits per heavy atom. The van der Waals surface area contributed by atoms with Crippen LogP contribution in [0, 0.1) is 0 Å². The van der Waals surface area contributed by atoms with Crippen molar-refractivity contribution in [3.63, 3.8) is 0 Å². The van der Waals surface area contributed by atoms with Crippen molar-refractivity contribution in [1.82, 2.24) is 4.31 Å². The number of hydrogen-bond acceptors (Lipinski definition) is 6. The highest BCUT2D eigenvalue weighted by Gasteiger charge is 2.46. The number of hydrogen-bond donors (Lipinski definition) is 0. The smallest absolute Gasteiger partial charge is 0.252 e. The molecule has 1 aliphatic rings. The Kier molecular flexibility index (Phi) is 7.63. The molecule has 1 heterocycles. The molecule has 8 nitrogen and oxygen atoms in total. The number of sulfonamides is 1. The fourth-order valence-electron chi connectivity index (χ4n) is 4.15. The van der Waals surface area contributed by atoms with Crippen molar-refractivity contribution in [2.75, 3.05) is 25.7 Å². The number of methoxy groups -OCH3 is 2. The number of halogens is 1. The zero-order valence-corrected chi connectivity index (χ0v) is 21.3. The van der Waals surface area contributed by atoms with Crippen LogP contribution >= 0.6 is 11.6 Å². The average Bonchev–Trinajstić information content (AvgIpc) is 3.18. The first-order valence-electron chi connectivity index (χ1n) is 11.2. The molecule has 0 aliphatic carbocycles. The third-order valence-electron chi connectivity index (χ3n) is 5.97. The molecule has 0 spiro atoms. The van der Waals surface area contributed by atoms with E-state index in [-0.39, 0.29) is 24.3 Å². The topological polar surface area (TPSA) is 93.2 Å².